The molecule has 0 aliphatic carbocycles. The molecular weight excluding hydrogens is 228 g/mol. The molecule has 18 heavy (non-hydrogen) atoms. The molecule has 1 aromatic heterocycles. The summed E-state index contributed by atoms with van der Waals surface area (Å²) in [5, 5.41) is 0. The van der Waals surface area contributed by atoms with Crippen molar-refractivity contribution in [2.24, 2.45) is 7.05 Å². The molecule has 0 amide bonds. The van der Waals surface area contributed by atoms with Gasteiger partial charge in [0.1, 0.15) is 6.29 Å². The first-order chi connectivity index (χ1) is 8.54. The molecule has 0 aliphatic heterocycles. The lowest BCUT2D eigenvalue weighted by molar-refractivity contribution is 0.102. The predicted octanol–water partition coefficient (Wildman–Crippen LogP) is 2.08. The highest BCUT2D eigenvalue weighted by Gasteiger charge is 2.17. The van der Waals surface area contributed by atoms with Gasteiger partial charge < -0.3 is 4.57 Å². The quantitative estimate of drug-likeness (QED) is 0.611. The van der Waals surface area contributed by atoms with Crippen LogP contribution in [0.4, 0.5) is 0 Å². The molecule has 4 heteroatoms. The van der Waals surface area contributed by atoms with Crippen LogP contribution in [0, 0.1) is 13.8 Å². The van der Waals surface area contributed by atoms with E-state index in [9.17, 15) is 9.59 Å². The zero-order chi connectivity index (χ0) is 13.3. The fraction of sp³-hybridized carbons (Fsp3) is 0.214. The van der Waals surface area contributed by atoms with Gasteiger partial charge in [-0.2, -0.15) is 0 Å². The van der Waals surface area contributed by atoms with E-state index < -0.39 is 0 Å². The highest BCUT2D eigenvalue weighted by Crippen LogP contribution is 2.13. The van der Waals surface area contributed by atoms with E-state index in [0.717, 1.165) is 17.7 Å². The van der Waals surface area contributed by atoms with Crippen molar-refractivity contribution in [3.05, 3.63) is 52.6 Å². The normalized spacial score (nSPS) is 10.4. The topological polar surface area (TPSA) is 52.0 Å². The largest absolute Gasteiger partial charge is 0.328 e. The number of aryl methyl sites for hydroxylation is 1. The molecular formula is C14H14N2O2. The molecule has 0 fully saturated rings. The number of hydrogen-bond acceptors (Lipinski definition) is 3. The Morgan fingerprint density at radius 2 is 2.06 bits per heavy atom. The molecule has 0 spiro atoms. The van der Waals surface area contributed by atoms with Crippen molar-refractivity contribution in [2.75, 3.05) is 0 Å². The number of carbonyl (C=O) groups is 2. The summed E-state index contributed by atoms with van der Waals surface area (Å²) in [6.45, 7) is 3.79. The first-order valence-electron chi connectivity index (χ1n) is 5.64. The predicted molar refractivity (Wildman–Crippen MR) is 67.9 cm³/mol. The molecule has 1 aromatic carbocycles. The minimum atomic E-state index is -0.169. The zero-order valence-electron chi connectivity index (χ0n) is 10.6. The van der Waals surface area contributed by atoms with E-state index in [4.69, 9.17) is 0 Å². The lowest BCUT2D eigenvalue weighted by Crippen LogP contribution is -2.10. The van der Waals surface area contributed by atoms with Crippen LogP contribution in [0.2, 0.25) is 0 Å². The van der Waals surface area contributed by atoms with E-state index in [-0.39, 0.29) is 5.78 Å². The Kier molecular flexibility index (Phi) is 3.10. The number of ketones is 1. The monoisotopic (exact) mass is 242 g/mol. The van der Waals surface area contributed by atoms with Crippen molar-refractivity contribution < 1.29 is 9.59 Å². The number of rotatable bonds is 3. The molecule has 92 valence electrons. The zero-order valence-corrected chi connectivity index (χ0v) is 10.6. The van der Waals surface area contributed by atoms with Gasteiger partial charge in [-0.05, 0) is 19.9 Å². The summed E-state index contributed by atoms with van der Waals surface area (Å²) < 4.78 is 1.77. The molecule has 0 bridgehead atoms. The van der Waals surface area contributed by atoms with Gasteiger partial charge in [-0.3, -0.25) is 9.59 Å². The Hall–Kier alpha value is -2.23. The minimum absolute atomic E-state index is 0.169. The van der Waals surface area contributed by atoms with Crippen LogP contribution >= 0.6 is 0 Å². The first-order valence-corrected chi connectivity index (χ1v) is 5.64. The number of hydrogen-bond donors (Lipinski definition) is 0. The summed E-state index contributed by atoms with van der Waals surface area (Å²) in [5.74, 6) is 0.227. The number of aromatic nitrogens is 2. The van der Waals surface area contributed by atoms with Crippen molar-refractivity contribution in [3.8, 4) is 0 Å². The average Bonchev–Trinajstić information content (AvgIpc) is 2.65. The number of carbonyl (C=O) groups excluding carboxylic acids is 2. The van der Waals surface area contributed by atoms with E-state index >= 15 is 0 Å². The lowest BCUT2D eigenvalue weighted by Gasteiger charge is -2.03. The van der Waals surface area contributed by atoms with Crippen molar-refractivity contribution in [3.63, 3.8) is 0 Å². The summed E-state index contributed by atoms with van der Waals surface area (Å²) in [6.07, 6.45) is 0.728. The molecule has 0 atom stereocenters. The third kappa shape index (κ3) is 1.97. The van der Waals surface area contributed by atoms with Crippen LogP contribution in [-0.4, -0.2) is 21.6 Å². The Bertz CT molecular complexity index is 627. The van der Waals surface area contributed by atoms with Gasteiger partial charge in [0.2, 0.25) is 5.78 Å². The van der Waals surface area contributed by atoms with E-state index in [1.807, 2.05) is 20.9 Å². The van der Waals surface area contributed by atoms with Crippen LogP contribution in [-0.2, 0) is 7.05 Å². The van der Waals surface area contributed by atoms with Crippen molar-refractivity contribution >= 4 is 12.1 Å². The van der Waals surface area contributed by atoms with Crippen molar-refractivity contribution in [1.29, 1.82) is 0 Å². The van der Waals surface area contributed by atoms with Crippen LogP contribution in [0.1, 0.15) is 37.9 Å². The van der Waals surface area contributed by atoms with Crippen molar-refractivity contribution in [1.82, 2.24) is 9.55 Å². The smallest absolute Gasteiger partial charge is 0.228 e. The third-order valence-corrected chi connectivity index (χ3v) is 3.11. The third-order valence-electron chi connectivity index (χ3n) is 3.11. The van der Waals surface area contributed by atoms with E-state index in [1.165, 1.54) is 0 Å². The maximum atomic E-state index is 12.3. The molecule has 2 rings (SSSR count). The van der Waals surface area contributed by atoms with Crippen LogP contribution in [0.3, 0.4) is 0 Å². The molecule has 1 heterocycles. The standard InChI is InChI=1S/C14H14N2O2/c1-9-10(2)16(3)14(15-9)13(18)12-6-4-5-11(7-12)8-17/h4-8H,1-3H3. The lowest BCUT2D eigenvalue weighted by atomic mass is 10.1. The van der Waals surface area contributed by atoms with Gasteiger partial charge in [-0.25, -0.2) is 4.98 Å². The molecule has 2 aromatic rings. The van der Waals surface area contributed by atoms with Crippen molar-refractivity contribution in [2.45, 2.75) is 13.8 Å². The maximum absolute atomic E-state index is 12.3. The summed E-state index contributed by atoms with van der Waals surface area (Å²) in [7, 11) is 1.81. The number of imidazole rings is 1. The van der Waals surface area contributed by atoms with Gasteiger partial charge in [0.05, 0.1) is 5.69 Å². The van der Waals surface area contributed by atoms with Gasteiger partial charge in [0.25, 0.3) is 0 Å². The van der Waals surface area contributed by atoms with Crippen LogP contribution in [0.5, 0.6) is 0 Å². The number of benzene rings is 1. The number of nitrogens with zero attached hydrogens (tertiary/aromatic N) is 2. The fourth-order valence-corrected chi connectivity index (χ4v) is 1.80. The van der Waals surface area contributed by atoms with E-state index in [1.54, 1.807) is 28.8 Å². The number of aldehydes is 1. The second kappa shape index (κ2) is 4.56. The molecule has 0 saturated carbocycles. The highest BCUT2D eigenvalue weighted by atomic mass is 16.1. The summed E-state index contributed by atoms with van der Waals surface area (Å²) in [4.78, 5) is 27.3. The Labute approximate surface area is 105 Å². The van der Waals surface area contributed by atoms with Crippen LogP contribution in [0.25, 0.3) is 0 Å². The summed E-state index contributed by atoms with van der Waals surface area (Å²) in [5.41, 5.74) is 2.77. The molecule has 0 unspecified atom stereocenters. The Morgan fingerprint density at radius 1 is 1.33 bits per heavy atom. The second-order valence-electron chi connectivity index (χ2n) is 4.24. The molecule has 0 radical (unpaired) electrons. The average molecular weight is 242 g/mol. The first kappa shape index (κ1) is 12.2. The Morgan fingerprint density at radius 3 is 2.61 bits per heavy atom. The SMILES string of the molecule is Cc1nc(C(=O)c2cccc(C=O)c2)n(C)c1C. The fourth-order valence-electron chi connectivity index (χ4n) is 1.80. The molecule has 0 aliphatic rings. The van der Waals surface area contributed by atoms with Crippen LogP contribution in [0.15, 0.2) is 24.3 Å². The summed E-state index contributed by atoms with van der Waals surface area (Å²) >= 11 is 0. The van der Waals surface area contributed by atoms with Gasteiger partial charge in [-0.15, -0.1) is 0 Å². The van der Waals surface area contributed by atoms with Gasteiger partial charge >= 0.3 is 0 Å². The highest BCUT2D eigenvalue weighted by molar-refractivity contribution is 6.07. The van der Waals surface area contributed by atoms with E-state index in [0.29, 0.717) is 17.0 Å². The Balaban J connectivity index is 2.47. The molecule has 4 nitrogen and oxygen atoms in total. The second-order valence-corrected chi connectivity index (χ2v) is 4.24. The van der Waals surface area contributed by atoms with Gasteiger partial charge in [0, 0.05) is 23.9 Å². The molecule has 0 saturated heterocycles. The maximum Gasteiger partial charge on any atom is 0.228 e. The van der Waals surface area contributed by atoms with Crippen LogP contribution < -0.4 is 0 Å². The van der Waals surface area contributed by atoms with E-state index in [2.05, 4.69) is 4.98 Å². The molecule has 0 N–H and O–H groups in total. The van der Waals surface area contributed by atoms with Gasteiger partial charge in [0.15, 0.2) is 5.82 Å². The summed E-state index contributed by atoms with van der Waals surface area (Å²) in [6, 6.07) is 6.63. The minimum Gasteiger partial charge on any atom is -0.328 e. The van der Waals surface area contributed by atoms with Gasteiger partial charge in [-0.1, -0.05) is 18.2 Å².